The normalized spacial score (nSPS) is 9.75. The molecule has 0 saturated heterocycles. The fraction of sp³-hybridized carbons (Fsp3) is 0.111. The molecule has 0 amide bonds. The standard InChI is InChI=1S/C9H9FO2/c1-6(10)4-7-2-3-8(11)9(12)5-7/h2-3,5,11-12H,1,4H2. The topological polar surface area (TPSA) is 40.5 Å². The van der Waals surface area contributed by atoms with E-state index in [1.807, 2.05) is 0 Å². The highest BCUT2D eigenvalue weighted by atomic mass is 19.1. The summed E-state index contributed by atoms with van der Waals surface area (Å²) in [4.78, 5) is 0. The van der Waals surface area contributed by atoms with Crippen molar-refractivity contribution in [3.63, 3.8) is 0 Å². The Labute approximate surface area is 69.6 Å². The first-order valence-electron chi connectivity index (χ1n) is 3.43. The first kappa shape index (κ1) is 8.59. The highest BCUT2D eigenvalue weighted by Gasteiger charge is 2.01. The molecule has 0 radical (unpaired) electrons. The van der Waals surface area contributed by atoms with E-state index in [2.05, 4.69) is 6.58 Å². The monoisotopic (exact) mass is 168 g/mol. The zero-order chi connectivity index (χ0) is 9.14. The highest BCUT2D eigenvalue weighted by molar-refractivity contribution is 5.41. The van der Waals surface area contributed by atoms with Gasteiger partial charge in [0, 0.05) is 6.42 Å². The Morgan fingerprint density at radius 3 is 2.50 bits per heavy atom. The van der Waals surface area contributed by atoms with Crippen LogP contribution >= 0.6 is 0 Å². The number of aromatic hydroxyl groups is 2. The minimum Gasteiger partial charge on any atom is -0.504 e. The van der Waals surface area contributed by atoms with Crippen molar-refractivity contribution in [2.24, 2.45) is 0 Å². The summed E-state index contributed by atoms with van der Waals surface area (Å²) in [5, 5.41) is 17.9. The van der Waals surface area contributed by atoms with Crippen molar-refractivity contribution < 1.29 is 14.6 Å². The maximum Gasteiger partial charge on any atom is 0.157 e. The van der Waals surface area contributed by atoms with E-state index in [0.29, 0.717) is 5.56 Å². The van der Waals surface area contributed by atoms with Crippen LogP contribution < -0.4 is 0 Å². The molecule has 0 spiro atoms. The molecule has 1 aromatic carbocycles. The summed E-state index contributed by atoms with van der Waals surface area (Å²) in [5.74, 6) is -0.919. The van der Waals surface area contributed by atoms with Gasteiger partial charge >= 0.3 is 0 Å². The molecule has 64 valence electrons. The number of allylic oxidation sites excluding steroid dienone is 1. The number of hydrogen-bond acceptors (Lipinski definition) is 2. The van der Waals surface area contributed by atoms with Crippen molar-refractivity contribution in [3.8, 4) is 11.5 Å². The maximum absolute atomic E-state index is 12.3. The summed E-state index contributed by atoms with van der Waals surface area (Å²) in [7, 11) is 0. The van der Waals surface area contributed by atoms with E-state index >= 15 is 0 Å². The molecule has 3 heteroatoms. The minimum atomic E-state index is -0.472. The fourth-order valence-corrected chi connectivity index (χ4v) is 0.900. The van der Waals surface area contributed by atoms with Crippen LogP contribution in [0.25, 0.3) is 0 Å². The van der Waals surface area contributed by atoms with Crippen molar-refractivity contribution >= 4 is 0 Å². The summed E-state index contributed by atoms with van der Waals surface area (Å²) in [6.45, 7) is 3.09. The van der Waals surface area contributed by atoms with Crippen LogP contribution in [-0.2, 0) is 6.42 Å². The smallest absolute Gasteiger partial charge is 0.157 e. The first-order chi connectivity index (χ1) is 5.59. The Morgan fingerprint density at radius 2 is 2.00 bits per heavy atom. The lowest BCUT2D eigenvalue weighted by Crippen LogP contribution is -1.83. The number of halogens is 1. The van der Waals surface area contributed by atoms with Crippen LogP contribution in [0.3, 0.4) is 0 Å². The molecule has 0 bridgehead atoms. The van der Waals surface area contributed by atoms with Gasteiger partial charge in [0.15, 0.2) is 11.5 Å². The number of benzene rings is 1. The maximum atomic E-state index is 12.3. The van der Waals surface area contributed by atoms with E-state index in [4.69, 9.17) is 10.2 Å². The van der Waals surface area contributed by atoms with Gasteiger partial charge in [-0.05, 0) is 17.7 Å². The van der Waals surface area contributed by atoms with E-state index in [1.165, 1.54) is 18.2 Å². The van der Waals surface area contributed by atoms with Gasteiger partial charge in [-0.2, -0.15) is 0 Å². The quantitative estimate of drug-likeness (QED) is 0.664. The van der Waals surface area contributed by atoms with Crippen LogP contribution in [0.4, 0.5) is 4.39 Å². The Morgan fingerprint density at radius 1 is 1.33 bits per heavy atom. The largest absolute Gasteiger partial charge is 0.504 e. The molecule has 0 fully saturated rings. The summed E-state index contributed by atoms with van der Waals surface area (Å²) in [5.41, 5.74) is 0.581. The van der Waals surface area contributed by atoms with Crippen molar-refractivity contribution in [1.29, 1.82) is 0 Å². The number of phenols is 2. The van der Waals surface area contributed by atoms with E-state index in [0.717, 1.165) is 0 Å². The summed E-state index contributed by atoms with van der Waals surface area (Å²) in [6, 6.07) is 4.15. The molecule has 0 heterocycles. The Hall–Kier alpha value is -1.51. The van der Waals surface area contributed by atoms with Crippen molar-refractivity contribution in [2.45, 2.75) is 6.42 Å². The molecule has 0 aromatic heterocycles. The average Bonchev–Trinajstić information content (AvgIpc) is 1.96. The zero-order valence-corrected chi connectivity index (χ0v) is 6.42. The number of hydrogen-bond donors (Lipinski definition) is 2. The molecule has 2 N–H and O–H groups in total. The molecule has 2 nitrogen and oxygen atoms in total. The number of rotatable bonds is 2. The van der Waals surface area contributed by atoms with E-state index in [9.17, 15) is 4.39 Å². The van der Waals surface area contributed by atoms with Gasteiger partial charge in [-0.1, -0.05) is 12.6 Å². The summed E-state index contributed by atoms with van der Waals surface area (Å²) >= 11 is 0. The van der Waals surface area contributed by atoms with Gasteiger partial charge in [-0.15, -0.1) is 0 Å². The van der Waals surface area contributed by atoms with Crippen LogP contribution in [0.2, 0.25) is 0 Å². The lowest BCUT2D eigenvalue weighted by molar-refractivity contribution is 0.403. The van der Waals surface area contributed by atoms with Gasteiger partial charge < -0.3 is 10.2 Å². The Kier molecular flexibility index (Phi) is 2.33. The van der Waals surface area contributed by atoms with Gasteiger partial charge in [0.05, 0.1) is 5.83 Å². The lowest BCUT2D eigenvalue weighted by atomic mass is 10.1. The van der Waals surface area contributed by atoms with Gasteiger partial charge in [-0.3, -0.25) is 0 Å². The van der Waals surface area contributed by atoms with Crippen LogP contribution in [0.15, 0.2) is 30.6 Å². The lowest BCUT2D eigenvalue weighted by Gasteiger charge is -2.00. The molecule has 0 aliphatic carbocycles. The predicted octanol–water partition coefficient (Wildman–Crippen LogP) is 2.12. The average molecular weight is 168 g/mol. The SMILES string of the molecule is C=C(F)Cc1ccc(O)c(O)c1. The van der Waals surface area contributed by atoms with Crippen molar-refractivity contribution in [2.75, 3.05) is 0 Å². The molecular formula is C9H9FO2. The van der Waals surface area contributed by atoms with Gasteiger partial charge in [0.1, 0.15) is 0 Å². The van der Waals surface area contributed by atoms with Crippen LogP contribution in [0, 0.1) is 0 Å². The van der Waals surface area contributed by atoms with E-state index in [-0.39, 0.29) is 17.9 Å². The third-order valence-electron chi connectivity index (χ3n) is 1.44. The molecule has 0 unspecified atom stereocenters. The first-order valence-corrected chi connectivity index (χ1v) is 3.43. The molecule has 0 saturated carbocycles. The second kappa shape index (κ2) is 3.26. The molecule has 12 heavy (non-hydrogen) atoms. The molecule has 0 aliphatic heterocycles. The predicted molar refractivity (Wildman–Crippen MR) is 43.7 cm³/mol. The van der Waals surface area contributed by atoms with Gasteiger partial charge in [-0.25, -0.2) is 4.39 Å². The van der Waals surface area contributed by atoms with Gasteiger partial charge in [0.25, 0.3) is 0 Å². The third-order valence-corrected chi connectivity index (χ3v) is 1.44. The Bertz CT molecular complexity index is 307. The zero-order valence-electron chi connectivity index (χ0n) is 6.42. The summed E-state index contributed by atoms with van der Waals surface area (Å²) < 4.78 is 12.3. The minimum absolute atomic E-state index is 0.0633. The highest BCUT2D eigenvalue weighted by Crippen LogP contribution is 2.25. The second-order valence-corrected chi connectivity index (χ2v) is 2.52. The second-order valence-electron chi connectivity index (χ2n) is 2.52. The molecule has 1 rings (SSSR count). The molecular weight excluding hydrogens is 159 g/mol. The molecule has 1 aromatic rings. The van der Waals surface area contributed by atoms with Crippen molar-refractivity contribution in [3.05, 3.63) is 36.2 Å². The molecule has 0 aliphatic rings. The van der Waals surface area contributed by atoms with Crippen LogP contribution in [0.1, 0.15) is 5.56 Å². The van der Waals surface area contributed by atoms with Gasteiger partial charge in [0.2, 0.25) is 0 Å². The third kappa shape index (κ3) is 1.99. The fourth-order valence-electron chi connectivity index (χ4n) is 0.900. The number of phenolic OH excluding ortho intramolecular Hbond substituents is 2. The van der Waals surface area contributed by atoms with E-state index < -0.39 is 5.83 Å². The van der Waals surface area contributed by atoms with E-state index in [1.54, 1.807) is 0 Å². The van der Waals surface area contributed by atoms with Crippen molar-refractivity contribution in [1.82, 2.24) is 0 Å². The van der Waals surface area contributed by atoms with Crippen LogP contribution in [0.5, 0.6) is 11.5 Å². The Balaban J connectivity index is 2.89. The molecule has 0 atom stereocenters. The van der Waals surface area contributed by atoms with Crippen LogP contribution in [-0.4, -0.2) is 10.2 Å². The summed E-state index contributed by atoms with van der Waals surface area (Å²) in [6.07, 6.45) is 0.0633.